The van der Waals surface area contributed by atoms with Crippen LogP contribution in [0, 0.1) is 0 Å². The molecule has 0 saturated heterocycles. The number of thiophene rings is 1. The smallest absolute Gasteiger partial charge is 0.264 e. The van der Waals surface area contributed by atoms with Crippen LogP contribution in [0.5, 0.6) is 0 Å². The van der Waals surface area contributed by atoms with Gasteiger partial charge in [-0.1, -0.05) is 54.6 Å². The number of anilines is 2. The Morgan fingerprint density at radius 3 is 2.52 bits per heavy atom. The van der Waals surface area contributed by atoms with E-state index in [1.807, 2.05) is 28.5 Å². The van der Waals surface area contributed by atoms with Crippen LogP contribution in [0.15, 0.2) is 84.2 Å². The van der Waals surface area contributed by atoms with Gasteiger partial charge in [0.1, 0.15) is 6.61 Å². The fourth-order valence-electron chi connectivity index (χ4n) is 6.48. The van der Waals surface area contributed by atoms with Crippen molar-refractivity contribution < 1.29 is 14.3 Å². The van der Waals surface area contributed by atoms with Crippen molar-refractivity contribution in [2.75, 3.05) is 30.5 Å². The number of nitrogens with zero attached hydrogens (tertiary/aromatic N) is 2. The molecule has 3 N–H and O–H groups in total. The number of ether oxygens (including phenoxy) is 1. The summed E-state index contributed by atoms with van der Waals surface area (Å²) in [6, 6.07) is 27.5. The first-order valence-electron chi connectivity index (χ1n) is 15.4. The molecule has 1 fully saturated rings. The van der Waals surface area contributed by atoms with E-state index in [0.29, 0.717) is 6.54 Å². The lowest BCUT2D eigenvalue weighted by Gasteiger charge is -2.36. The topological polar surface area (TPSA) is 87.9 Å². The van der Waals surface area contributed by atoms with Crippen LogP contribution in [-0.4, -0.2) is 49.1 Å². The maximum Gasteiger partial charge on any atom is 0.264 e. The number of hydrogen-bond donors (Lipinski definition) is 2. The van der Waals surface area contributed by atoms with Gasteiger partial charge in [0.25, 0.3) is 5.91 Å². The first-order chi connectivity index (χ1) is 21.5. The summed E-state index contributed by atoms with van der Waals surface area (Å²) in [7, 11) is 1.53. The van der Waals surface area contributed by atoms with Gasteiger partial charge in [-0.3, -0.25) is 9.59 Å². The molecular formula is C36H40N4O3S. The van der Waals surface area contributed by atoms with Crippen LogP contribution in [0.3, 0.4) is 0 Å². The zero-order chi connectivity index (χ0) is 30.5. The third-order valence-electron chi connectivity index (χ3n) is 8.81. The van der Waals surface area contributed by atoms with E-state index in [2.05, 4.69) is 70.9 Å². The number of nitrogens with one attached hydrogen (secondary N) is 1. The largest absolute Gasteiger partial charge is 0.375 e. The molecule has 2 aliphatic rings. The van der Waals surface area contributed by atoms with Crippen LogP contribution in [0.25, 0.3) is 11.1 Å². The molecule has 0 radical (unpaired) electrons. The number of fused-ring (bicyclic) bond motifs is 1. The van der Waals surface area contributed by atoms with Gasteiger partial charge in [0.2, 0.25) is 5.91 Å². The zero-order valence-electron chi connectivity index (χ0n) is 25.2. The lowest BCUT2D eigenvalue weighted by Crippen LogP contribution is -2.43. The van der Waals surface area contributed by atoms with Gasteiger partial charge in [-0.05, 0) is 89.6 Å². The summed E-state index contributed by atoms with van der Waals surface area (Å²) in [5.41, 5.74) is 13.8. The Labute approximate surface area is 263 Å². The Hall–Kier alpha value is -3.98. The van der Waals surface area contributed by atoms with Crippen molar-refractivity contribution in [2.24, 2.45) is 5.73 Å². The number of hydrogen-bond acceptors (Lipinski definition) is 6. The SMILES string of the molecule is COCC(=O)Nc1cc(-c2cccc(CN(C(=O)c3cccs3)C3CCC(N)CC3)c2)ccc1N1CCc2ccccc2C1. The Balaban J connectivity index is 1.28. The number of carbonyl (C=O) groups excluding carboxylic acids is 2. The molecule has 0 atom stereocenters. The molecule has 2 heterocycles. The van der Waals surface area contributed by atoms with E-state index in [0.717, 1.165) is 78.1 Å². The summed E-state index contributed by atoms with van der Waals surface area (Å²) >= 11 is 1.49. The van der Waals surface area contributed by atoms with Crippen LogP contribution < -0.4 is 16.0 Å². The van der Waals surface area contributed by atoms with Crippen molar-refractivity contribution in [3.8, 4) is 11.1 Å². The van der Waals surface area contributed by atoms with E-state index >= 15 is 0 Å². The molecule has 1 aliphatic heterocycles. The van der Waals surface area contributed by atoms with Crippen LogP contribution in [0.1, 0.15) is 52.0 Å². The third kappa shape index (κ3) is 6.88. The number of benzene rings is 3. The second-order valence-corrected chi connectivity index (χ2v) is 12.8. The van der Waals surface area contributed by atoms with Crippen molar-refractivity contribution in [1.29, 1.82) is 0 Å². The molecule has 4 aromatic rings. The van der Waals surface area contributed by atoms with E-state index < -0.39 is 0 Å². The second-order valence-electron chi connectivity index (χ2n) is 11.8. The summed E-state index contributed by atoms with van der Waals surface area (Å²) in [4.78, 5) is 31.5. The Bertz CT molecular complexity index is 1600. The van der Waals surface area contributed by atoms with E-state index in [1.165, 1.54) is 29.6 Å². The summed E-state index contributed by atoms with van der Waals surface area (Å²) in [5, 5.41) is 5.06. The van der Waals surface area contributed by atoms with Gasteiger partial charge >= 0.3 is 0 Å². The Kier molecular flexibility index (Phi) is 9.40. The first kappa shape index (κ1) is 30.1. The molecule has 8 heteroatoms. The molecule has 6 rings (SSSR count). The maximum atomic E-state index is 13.7. The quantitative estimate of drug-likeness (QED) is 0.227. The van der Waals surface area contributed by atoms with Gasteiger partial charge in [-0.25, -0.2) is 0 Å². The van der Waals surface area contributed by atoms with Crippen LogP contribution in [0.2, 0.25) is 0 Å². The van der Waals surface area contributed by atoms with Gasteiger partial charge in [0.15, 0.2) is 0 Å². The average molecular weight is 609 g/mol. The van der Waals surface area contributed by atoms with Gasteiger partial charge in [0, 0.05) is 38.8 Å². The van der Waals surface area contributed by atoms with Crippen molar-refractivity contribution in [1.82, 2.24) is 4.90 Å². The fraction of sp³-hybridized carbons (Fsp3) is 0.333. The van der Waals surface area contributed by atoms with Crippen molar-refractivity contribution in [3.05, 3.63) is 106 Å². The van der Waals surface area contributed by atoms with Gasteiger partial charge in [-0.15, -0.1) is 11.3 Å². The van der Waals surface area contributed by atoms with Crippen molar-refractivity contribution in [3.63, 3.8) is 0 Å². The maximum absolute atomic E-state index is 13.7. The Morgan fingerprint density at radius 2 is 1.75 bits per heavy atom. The van der Waals surface area contributed by atoms with E-state index in [1.54, 1.807) is 0 Å². The zero-order valence-corrected chi connectivity index (χ0v) is 26.0. The number of nitrogens with two attached hydrogens (primary N) is 1. The molecule has 44 heavy (non-hydrogen) atoms. The van der Waals surface area contributed by atoms with E-state index in [4.69, 9.17) is 10.5 Å². The van der Waals surface area contributed by atoms with Gasteiger partial charge in [0.05, 0.1) is 16.3 Å². The summed E-state index contributed by atoms with van der Waals surface area (Å²) in [5.74, 6) is -0.103. The summed E-state index contributed by atoms with van der Waals surface area (Å²) in [6.45, 7) is 2.19. The molecular weight excluding hydrogens is 568 g/mol. The number of rotatable bonds is 9. The number of methoxy groups -OCH3 is 1. The minimum absolute atomic E-state index is 0.0117. The van der Waals surface area contributed by atoms with Crippen LogP contribution >= 0.6 is 11.3 Å². The van der Waals surface area contributed by atoms with Crippen LogP contribution in [-0.2, 0) is 29.0 Å². The highest BCUT2D eigenvalue weighted by Gasteiger charge is 2.29. The fourth-order valence-corrected chi connectivity index (χ4v) is 7.16. The predicted octanol–water partition coefficient (Wildman–Crippen LogP) is 6.48. The molecule has 228 valence electrons. The standard InChI is InChI=1S/C36H40N4O3S/c1-43-24-35(41)38-32-21-28(11-16-33(32)39-18-17-26-7-2-3-8-29(26)23-39)27-9-4-6-25(20-27)22-40(31-14-12-30(37)13-15-31)36(42)34-10-5-19-44-34/h2-11,16,19-21,30-31H,12-15,17-18,22-24,37H2,1H3,(H,38,41). The Morgan fingerprint density at radius 1 is 0.955 bits per heavy atom. The predicted molar refractivity (Wildman–Crippen MR) is 178 cm³/mol. The average Bonchev–Trinajstić information content (AvgIpc) is 3.59. The molecule has 1 saturated carbocycles. The minimum Gasteiger partial charge on any atom is -0.375 e. The molecule has 3 aromatic carbocycles. The lowest BCUT2D eigenvalue weighted by atomic mass is 9.90. The number of carbonyl (C=O) groups is 2. The second kappa shape index (κ2) is 13.8. The van der Waals surface area contributed by atoms with Gasteiger partial charge < -0.3 is 25.6 Å². The first-order valence-corrected chi connectivity index (χ1v) is 16.3. The van der Waals surface area contributed by atoms with Crippen molar-refractivity contribution in [2.45, 2.75) is 57.3 Å². The molecule has 1 aliphatic carbocycles. The molecule has 0 spiro atoms. The monoisotopic (exact) mass is 608 g/mol. The van der Waals surface area contributed by atoms with Crippen LogP contribution in [0.4, 0.5) is 11.4 Å². The molecule has 1 aromatic heterocycles. The highest BCUT2D eigenvalue weighted by atomic mass is 32.1. The summed E-state index contributed by atoms with van der Waals surface area (Å²) in [6.07, 6.45) is 4.67. The van der Waals surface area contributed by atoms with Crippen molar-refractivity contribution >= 4 is 34.5 Å². The molecule has 0 unspecified atom stereocenters. The summed E-state index contributed by atoms with van der Waals surface area (Å²) < 4.78 is 5.11. The minimum atomic E-state index is -0.188. The lowest BCUT2D eigenvalue weighted by molar-refractivity contribution is -0.119. The van der Waals surface area contributed by atoms with E-state index in [9.17, 15) is 9.59 Å². The third-order valence-corrected chi connectivity index (χ3v) is 9.66. The molecule has 2 amide bonds. The highest BCUT2D eigenvalue weighted by molar-refractivity contribution is 7.12. The normalized spacial score (nSPS) is 18.0. The number of amides is 2. The molecule has 0 bridgehead atoms. The molecule has 7 nitrogen and oxygen atoms in total. The van der Waals surface area contributed by atoms with E-state index in [-0.39, 0.29) is 30.5 Å². The van der Waals surface area contributed by atoms with Gasteiger partial charge in [-0.2, -0.15) is 0 Å². The highest BCUT2D eigenvalue weighted by Crippen LogP contribution is 2.35.